The second-order valence-electron chi connectivity index (χ2n) is 11.7. The van der Waals surface area contributed by atoms with Crippen LogP contribution in [0.2, 0.25) is 0 Å². The fourth-order valence-corrected chi connectivity index (χ4v) is 6.22. The molecule has 0 radical (unpaired) electrons. The van der Waals surface area contributed by atoms with Gasteiger partial charge in [-0.15, -0.1) is 0 Å². The minimum absolute atomic E-state index is 0.0595. The molecular weight excluding hydrogens is 498 g/mol. The van der Waals surface area contributed by atoms with E-state index in [1.54, 1.807) is 7.11 Å². The lowest BCUT2D eigenvalue weighted by Gasteiger charge is -2.54. The van der Waals surface area contributed by atoms with Gasteiger partial charge < -0.3 is 48.7 Å². The minimum Gasteiger partial charge on any atom is -0.378 e. The Morgan fingerprint density at radius 2 is 1.92 bits per heavy atom. The van der Waals surface area contributed by atoms with Crippen LogP contribution in [0.1, 0.15) is 59.8 Å². The number of rotatable bonds is 7. The summed E-state index contributed by atoms with van der Waals surface area (Å²) in [5.74, 6) is -2.22. The normalized spacial score (nSPS) is 44.2. The average molecular weight is 544 g/mol. The molecule has 4 aliphatic rings. The number of ether oxygens (including phenoxy) is 7. The van der Waals surface area contributed by atoms with Crippen LogP contribution in [0, 0.1) is 11.3 Å². The van der Waals surface area contributed by atoms with Gasteiger partial charge in [0.05, 0.1) is 24.4 Å². The molecule has 0 aromatic carbocycles. The Balaban J connectivity index is 1.50. The van der Waals surface area contributed by atoms with Crippen LogP contribution in [0.15, 0.2) is 12.2 Å². The lowest BCUT2D eigenvalue weighted by molar-refractivity contribution is -0.334. The Morgan fingerprint density at radius 1 is 1.18 bits per heavy atom. The summed E-state index contributed by atoms with van der Waals surface area (Å²) in [5.41, 5.74) is 0.370. The van der Waals surface area contributed by atoms with Crippen molar-refractivity contribution in [2.75, 3.05) is 21.0 Å². The summed E-state index contributed by atoms with van der Waals surface area (Å²) in [4.78, 5) is 13.4. The zero-order valence-electron chi connectivity index (χ0n) is 23.4. The first-order valence-corrected chi connectivity index (χ1v) is 13.6. The number of carbonyl (C=O) groups excluding carboxylic acids is 1. The smallest absolute Gasteiger partial charge is 0.256 e. The Labute approximate surface area is 225 Å². The maximum absolute atomic E-state index is 13.4. The average Bonchev–Trinajstić information content (AvgIpc) is 2.87. The van der Waals surface area contributed by atoms with E-state index in [1.807, 2.05) is 13.8 Å². The van der Waals surface area contributed by atoms with Gasteiger partial charge in [-0.3, -0.25) is 4.79 Å². The van der Waals surface area contributed by atoms with Gasteiger partial charge in [-0.2, -0.15) is 0 Å². The standard InChI is InChI=1S/C27H45NO10/c1-14-12-27(33-7,38-16(3)15(14)2)22(30)24(31)28-25-21-20(34-13-35-25)23(32-6)26(4,5)18(37-21)11-17-9-8-10-19(29)36-17/h15-23,25,29-30H,1,8-13H2,2-7H3,(H,28,31)/t15-,16-,17-,18-,19-,20+,21+,22-,23-,25+,27-/m1/s1. The number of amides is 1. The quantitative estimate of drug-likeness (QED) is 0.407. The molecule has 218 valence electrons. The van der Waals surface area contributed by atoms with Crippen molar-refractivity contribution in [2.24, 2.45) is 11.3 Å². The van der Waals surface area contributed by atoms with Gasteiger partial charge in [-0.25, -0.2) is 0 Å². The van der Waals surface area contributed by atoms with Crippen molar-refractivity contribution < 1.29 is 48.2 Å². The molecule has 4 aliphatic heterocycles. The van der Waals surface area contributed by atoms with Crippen molar-refractivity contribution in [3.05, 3.63) is 12.2 Å². The Morgan fingerprint density at radius 3 is 2.55 bits per heavy atom. The first kappa shape index (κ1) is 29.8. The number of carbonyl (C=O) groups is 1. The molecule has 4 rings (SSSR count). The third-order valence-electron chi connectivity index (χ3n) is 8.87. The van der Waals surface area contributed by atoms with Gasteiger partial charge in [-0.05, 0) is 26.2 Å². The van der Waals surface area contributed by atoms with Crippen LogP contribution < -0.4 is 5.32 Å². The van der Waals surface area contributed by atoms with Crippen LogP contribution in [0.4, 0.5) is 0 Å². The summed E-state index contributed by atoms with van der Waals surface area (Å²) >= 11 is 0. The molecule has 0 bridgehead atoms. The molecule has 0 spiro atoms. The highest BCUT2D eigenvalue weighted by Gasteiger charge is 2.57. The van der Waals surface area contributed by atoms with Gasteiger partial charge in [0.25, 0.3) is 5.91 Å². The first-order valence-electron chi connectivity index (χ1n) is 13.6. The highest BCUT2D eigenvalue weighted by molar-refractivity contribution is 5.82. The SMILES string of the molecule is C=C1C[C@](OC)([C@H](O)C(=O)N[C@H]2OCO[C@H]3[C@@H]2O[C@H](C[C@H]2CCC[C@H](O)O2)C(C)(C)[C@@H]3OC)O[C@H](C)[C@@H]1C. The fourth-order valence-electron chi connectivity index (χ4n) is 6.22. The number of aliphatic hydroxyl groups is 2. The van der Waals surface area contributed by atoms with Crippen LogP contribution in [0.3, 0.4) is 0 Å². The number of methoxy groups -OCH3 is 2. The van der Waals surface area contributed by atoms with Gasteiger partial charge in [0.15, 0.2) is 18.6 Å². The summed E-state index contributed by atoms with van der Waals surface area (Å²) in [5, 5.41) is 23.9. The molecule has 3 N–H and O–H groups in total. The van der Waals surface area contributed by atoms with Gasteiger partial charge in [0, 0.05) is 38.4 Å². The lowest BCUT2D eigenvalue weighted by atomic mass is 9.72. The maximum Gasteiger partial charge on any atom is 0.256 e. The van der Waals surface area contributed by atoms with Crippen molar-refractivity contribution in [3.63, 3.8) is 0 Å². The predicted octanol–water partition coefficient (Wildman–Crippen LogP) is 1.59. The third-order valence-corrected chi connectivity index (χ3v) is 8.87. The molecule has 11 atom stereocenters. The van der Waals surface area contributed by atoms with Crippen molar-refractivity contribution in [1.82, 2.24) is 5.32 Å². The minimum atomic E-state index is -1.64. The van der Waals surface area contributed by atoms with E-state index < -0.39 is 47.9 Å². The summed E-state index contributed by atoms with van der Waals surface area (Å²) in [6, 6.07) is 0. The van der Waals surface area contributed by atoms with Gasteiger partial charge in [0.2, 0.25) is 5.79 Å². The Hall–Kier alpha value is -1.15. The van der Waals surface area contributed by atoms with Crippen LogP contribution in [0.5, 0.6) is 0 Å². The van der Waals surface area contributed by atoms with Crippen molar-refractivity contribution >= 4 is 5.91 Å². The van der Waals surface area contributed by atoms with E-state index in [0.717, 1.165) is 18.4 Å². The third kappa shape index (κ3) is 5.68. The molecule has 38 heavy (non-hydrogen) atoms. The highest BCUT2D eigenvalue weighted by Crippen LogP contribution is 2.44. The largest absolute Gasteiger partial charge is 0.378 e. The number of hydrogen-bond acceptors (Lipinski definition) is 10. The second-order valence-corrected chi connectivity index (χ2v) is 11.7. The molecular formula is C27H45NO10. The predicted molar refractivity (Wildman–Crippen MR) is 135 cm³/mol. The Kier molecular flexibility index (Phi) is 9.23. The van der Waals surface area contributed by atoms with Gasteiger partial charge in [-0.1, -0.05) is 32.9 Å². The number of fused-ring (bicyclic) bond motifs is 1. The van der Waals surface area contributed by atoms with E-state index in [1.165, 1.54) is 7.11 Å². The molecule has 0 aromatic heterocycles. The summed E-state index contributed by atoms with van der Waals surface area (Å²) in [6.07, 6.45) is -2.72. The molecule has 0 aliphatic carbocycles. The second kappa shape index (κ2) is 11.8. The zero-order chi connectivity index (χ0) is 27.8. The van der Waals surface area contributed by atoms with E-state index in [9.17, 15) is 15.0 Å². The summed E-state index contributed by atoms with van der Waals surface area (Å²) < 4.78 is 41.5. The summed E-state index contributed by atoms with van der Waals surface area (Å²) in [7, 11) is 3.03. The monoisotopic (exact) mass is 543 g/mol. The summed E-state index contributed by atoms with van der Waals surface area (Å²) in [6.45, 7) is 12.0. The van der Waals surface area contributed by atoms with Crippen molar-refractivity contribution in [2.45, 2.75) is 121 Å². The van der Waals surface area contributed by atoms with Crippen molar-refractivity contribution in [3.8, 4) is 0 Å². The fraction of sp³-hybridized carbons (Fsp3) is 0.889. The van der Waals surface area contributed by atoms with Crippen LogP contribution in [-0.2, 0) is 38.0 Å². The van der Waals surface area contributed by atoms with E-state index in [0.29, 0.717) is 12.8 Å². The molecule has 11 heteroatoms. The molecule has 1 amide bonds. The van der Waals surface area contributed by atoms with E-state index in [2.05, 4.69) is 25.7 Å². The lowest BCUT2D eigenvalue weighted by Crippen LogP contribution is -2.69. The van der Waals surface area contributed by atoms with Gasteiger partial charge in [0.1, 0.15) is 19.0 Å². The molecule has 4 heterocycles. The Bertz CT molecular complexity index is 854. The molecule has 0 unspecified atom stereocenters. The molecule has 4 saturated heterocycles. The topological polar surface area (TPSA) is 134 Å². The maximum atomic E-state index is 13.4. The van der Waals surface area contributed by atoms with E-state index >= 15 is 0 Å². The van der Waals surface area contributed by atoms with E-state index in [4.69, 9.17) is 33.2 Å². The number of nitrogens with one attached hydrogen (secondary N) is 1. The van der Waals surface area contributed by atoms with Crippen LogP contribution in [0.25, 0.3) is 0 Å². The number of aliphatic hydroxyl groups excluding tert-OH is 2. The van der Waals surface area contributed by atoms with E-state index in [-0.39, 0.29) is 43.5 Å². The molecule has 11 nitrogen and oxygen atoms in total. The first-order chi connectivity index (χ1) is 17.9. The molecule has 0 aromatic rings. The number of hydrogen-bond donors (Lipinski definition) is 3. The van der Waals surface area contributed by atoms with Crippen molar-refractivity contribution in [1.29, 1.82) is 0 Å². The van der Waals surface area contributed by atoms with Crippen LogP contribution >= 0.6 is 0 Å². The molecule has 4 fully saturated rings. The molecule has 0 saturated carbocycles. The van der Waals surface area contributed by atoms with Crippen LogP contribution in [-0.4, -0.2) is 98.2 Å². The highest BCUT2D eigenvalue weighted by atomic mass is 16.7. The zero-order valence-corrected chi connectivity index (χ0v) is 23.4. The van der Waals surface area contributed by atoms with Gasteiger partial charge >= 0.3 is 0 Å².